The Hall–Kier alpha value is -3.32. The summed E-state index contributed by atoms with van der Waals surface area (Å²) in [7, 11) is 1.65. The van der Waals surface area contributed by atoms with Crippen LogP contribution >= 0.6 is 11.3 Å². The van der Waals surface area contributed by atoms with Gasteiger partial charge in [-0.05, 0) is 67.6 Å². The maximum absolute atomic E-state index is 12.5. The molecule has 0 saturated heterocycles. The number of imidazole rings is 1. The van der Waals surface area contributed by atoms with Crippen LogP contribution in [0, 0.1) is 0 Å². The predicted octanol–water partition coefficient (Wildman–Crippen LogP) is 5.46. The first-order valence-electron chi connectivity index (χ1n) is 10.7. The summed E-state index contributed by atoms with van der Waals surface area (Å²) >= 11 is 1.44. The maximum atomic E-state index is 12.5. The number of nitrogens with zero attached hydrogens (tertiary/aromatic N) is 2. The van der Waals surface area contributed by atoms with Gasteiger partial charge in [-0.3, -0.25) is 4.79 Å². The molecule has 0 radical (unpaired) electrons. The van der Waals surface area contributed by atoms with Gasteiger partial charge in [0.1, 0.15) is 17.3 Å². The van der Waals surface area contributed by atoms with E-state index in [9.17, 15) is 4.79 Å². The molecule has 2 heterocycles. The summed E-state index contributed by atoms with van der Waals surface area (Å²) in [6.45, 7) is 3.43. The SMILES string of the molecule is COc1ccc(OCCCCn2c(C(C)NC(=O)c3cccs3)nc3ccccc32)cc1. The van der Waals surface area contributed by atoms with Crippen molar-refractivity contribution in [3.8, 4) is 11.5 Å². The van der Waals surface area contributed by atoms with Gasteiger partial charge < -0.3 is 19.4 Å². The van der Waals surface area contributed by atoms with Crippen LogP contribution in [0.2, 0.25) is 0 Å². The third-order valence-electron chi connectivity index (χ3n) is 5.27. The van der Waals surface area contributed by atoms with Gasteiger partial charge in [0.2, 0.25) is 0 Å². The molecule has 0 aliphatic heterocycles. The Balaban J connectivity index is 1.39. The number of benzene rings is 2. The van der Waals surface area contributed by atoms with E-state index in [0.29, 0.717) is 11.5 Å². The lowest BCUT2D eigenvalue weighted by molar-refractivity contribution is 0.0941. The van der Waals surface area contributed by atoms with Crippen molar-refractivity contribution in [2.24, 2.45) is 0 Å². The van der Waals surface area contributed by atoms with Crippen LogP contribution in [0.1, 0.15) is 41.3 Å². The van der Waals surface area contributed by atoms with E-state index in [1.807, 2.05) is 66.9 Å². The molecule has 32 heavy (non-hydrogen) atoms. The van der Waals surface area contributed by atoms with Crippen molar-refractivity contribution in [3.05, 3.63) is 76.7 Å². The van der Waals surface area contributed by atoms with Crippen LogP contribution in [0.5, 0.6) is 11.5 Å². The van der Waals surface area contributed by atoms with E-state index in [4.69, 9.17) is 14.5 Å². The molecule has 1 unspecified atom stereocenters. The van der Waals surface area contributed by atoms with Crippen LogP contribution in [0.25, 0.3) is 11.0 Å². The number of carbonyl (C=O) groups is 1. The number of carbonyl (C=O) groups excluding carboxylic acids is 1. The first-order chi connectivity index (χ1) is 15.7. The van der Waals surface area contributed by atoms with Gasteiger partial charge in [0.15, 0.2) is 0 Å². The second-order valence-corrected chi connectivity index (χ2v) is 8.46. The number of hydrogen-bond donors (Lipinski definition) is 1. The number of nitrogens with one attached hydrogen (secondary N) is 1. The van der Waals surface area contributed by atoms with Crippen molar-refractivity contribution >= 4 is 28.3 Å². The van der Waals surface area contributed by atoms with Crippen molar-refractivity contribution < 1.29 is 14.3 Å². The summed E-state index contributed by atoms with van der Waals surface area (Å²) in [5.74, 6) is 2.45. The molecular formula is C25H27N3O3S. The molecule has 0 aliphatic rings. The van der Waals surface area contributed by atoms with E-state index in [0.717, 1.165) is 47.7 Å². The van der Waals surface area contributed by atoms with Crippen LogP contribution in [-0.2, 0) is 6.54 Å². The van der Waals surface area contributed by atoms with Crippen molar-refractivity contribution in [2.45, 2.75) is 32.4 Å². The van der Waals surface area contributed by atoms with Crippen molar-refractivity contribution in [1.82, 2.24) is 14.9 Å². The molecule has 7 heteroatoms. The minimum Gasteiger partial charge on any atom is -0.497 e. The fourth-order valence-corrected chi connectivity index (χ4v) is 4.26. The van der Waals surface area contributed by atoms with Crippen LogP contribution < -0.4 is 14.8 Å². The molecule has 0 fully saturated rings. The average Bonchev–Trinajstić information content (AvgIpc) is 3.48. The molecule has 0 spiro atoms. The molecule has 0 bridgehead atoms. The Labute approximate surface area is 191 Å². The van der Waals surface area contributed by atoms with E-state index in [1.54, 1.807) is 7.11 Å². The zero-order valence-corrected chi connectivity index (χ0v) is 19.1. The molecule has 1 atom stereocenters. The second kappa shape index (κ2) is 10.3. The molecule has 1 N–H and O–H groups in total. The van der Waals surface area contributed by atoms with Crippen molar-refractivity contribution in [3.63, 3.8) is 0 Å². The van der Waals surface area contributed by atoms with E-state index in [-0.39, 0.29) is 11.9 Å². The number of ether oxygens (including phenoxy) is 2. The highest BCUT2D eigenvalue weighted by Crippen LogP contribution is 2.23. The highest BCUT2D eigenvalue weighted by Gasteiger charge is 2.19. The van der Waals surface area contributed by atoms with Crippen LogP contribution in [0.3, 0.4) is 0 Å². The van der Waals surface area contributed by atoms with Gasteiger partial charge in [0, 0.05) is 6.54 Å². The molecule has 0 saturated carbocycles. The minimum atomic E-state index is -0.201. The molecule has 6 nitrogen and oxygen atoms in total. The smallest absolute Gasteiger partial charge is 0.261 e. The first-order valence-corrected chi connectivity index (χ1v) is 11.6. The number of aromatic nitrogens is 2. The van der Waals surface area contributed by atoms with E-state index in [1.165, 1.54) is 11.3 Å². The summed E-state index contributed by atoms with van der Waals surface area (Å²) < 4.78 is 13.2. The number of hydrogen-bond acceptors (Lipinski definition) is 5. The second-order valence-electron chi connectivity index (χ2n) is 7.51. The molecule has 4 aromatic rings. The lowest BCUT2D eigenvalue weighted by atomic mass is 10.2. The molecule has 2 aromatic heterocycles. The van der Waals surface area contributed by atoms with E-state index >= 15 is 0 Å². The molecule has 166 valence electrons. The number of para-hydroxylation sites is 2. The number of amides is 1. The zero-order valence-electron chi connectivity index (χ0n) is 18.3. The molecular weight excluding hydrogens is 422 g/mol. The largest absolute Gasteiger partial charge is 0.497 e. The van der Waals surface area contributed by atoms with Crippen molar-refractivity contribution in [1.29, 1.82) is 0 Å². The number of thiophene rings is 1. The third-order valence-corrected chi connectivity index (χ3v) is 6.14. The minimum absolute atomic E-state index is 0.0704. The topological polar surface area (TPSA) is 65.4 Å². The summed E-state index contributed by atoms with van der Waals surface area (Å²) in [4.78, 5) is 18.1. The van der Waals surface area contributed by atoms with Crippen LogP contribution in [0.15, 0.2) is 66.0 Å². The van der Waals surface area contributed by atoms with E-state index < -0.39 is 0 Å². The molecule has 4 rings (SSSR count). The summed E-state index contributed by atoms with van der Waals surface area (Å²) in [6.07, 6.45) is 1.85. The van der Waals surface area contributed by atoms with Gasteiger partial charge in [0.25, 0.3) is 5.91 Å². The highest BCUT2D eigenvalue weighted by atomic mass is 32.1. The average molecular weight is 450 g/mol. The summed E-state index contributed by atoms with van der Waals surface area (Å²) in [5, 5.41) is 4.99. The fourth-order valence-electron chi connectivity index (χ4n) is 3.63. The van der Waals surface area contributed by atoms with Gasteiger partial charge in [-0.25, -0.2) is 4.98 Å². The zero-order chi connectivity index (χ0) is 22.3. The molecule has 1 amide bonds. The number of fused-ring (bicyclic) bond motifs is 1. The standard InChI is InChI=1S/C25H27N3O3S/c1-18(26-25(29)23-10-7-17-32-23)24-27-21-8-3-4-9-22(21)28(24)15-5-6-16-31-20-13-11-19(30-2)12-14-20/h3-4,7-14,17-18H,5-6,15-16H2,1-2H3,(H,26,29). The maximum Gasteiger partial charge on any atom is 0.261 e. The lowest BCUT2D eigenvalue weighted by Crippen LogP contribution is -2.28. The first kappa shape index (κ1) is 21.9. The highest BCUT2D eigenvalue weighted by molar-refractivity contribution is 7.12. The Morgan fingerprint density at radius 3 is 2.59 bits per heavy atom. The summed E-state index contributed by atoms with van der Waals surface area (Å²) in [6, 6.07) is 19.2. The van der Waals surface area contributed by atoms with Gasteiger partial charge >= 0.3 is 0 Å². The monoisotopic (exact) mass is 449 g/mol. The van der Waals surface area contributed by atoms with Crippen LogP contribution in [-0.4, -0.2) is 29.2 Å². The Bertz CT molecular complexity index is 1150. The quantitative estimate of drug-likeness (QED) is 0.327. The van der Waals surface area contributed by atoms with Gasteiger partial charge in [-0.15, -0.1) is 11.3 Å². The molecule has 2 aromatic carbocycles. The number of methoxy groups -OCH3 is 1. The Kier molecular flexibility index (Phi) is 7.07. The van der Waals surface area contributed by atoms with Crippen LogP contribution in [0.4, 0.5) is 0 Å². The Morgan fingerprint density at radius 1 is 1.06 bits per heavy atom. The molecule has 0 aliphatic carbocycles. The predicted molar refractivity (Wildman–Crippen MR) is 128 cm³/mol. The normalized spacial score (nSPS) is 11.9. The van der Waals surface area contributed by atoms with Crippen molar-refractivity contribution in [2.75, 3.05) is 13.7 Å². The Morgan fingerprint density at radius 2 is 1.84 bits per heavy atom. The fraction of sp³-hybridized carbons (Fsp3) is 0.280. The lowest BCUT2D eigenvalue weighted by Gasteiger charge is -2.16. The number of aryl methyl sites for hydroxylation is 1. The van der Waals surface area contributed by atoms with Gasteiger partial charge in [-0.2, -0.15) is 0 Å². The van der Waals surface area contributed by atoms with Gasteiger partial charge in [0.05, 0.1) is 35.7 Å². The third kappa shape index (κ3) is 5.11. The van der Waals surface area contributed by atoms with Gasteiger partial charge in [-0.1, -0.05) is 18.2 Å². The van der Waals surface area contributed by atoms with E-state index in [2.05, 4.69) is 16.0 Å². The number of rotatable bonds is 10. The summed E-state index contributed by atoms with van der Waals surface area (Å²) in [5.41, 5.74) is 2.02. The number of unbranched alkanes of at least 4 members (excludes halogenated alkanes) is 1.